The van der Waals surface area contributed by atoms with Crippen LogP contribution in [0.3, 0.4) is 0 Å². The molecule has 0 saturated heterocycles. The summed E-state index contributed by atoms with van der Waals surface area (Å²) < 4.78 is 10.6. The van der Waals surface area contributed by atoms with Crippen LogP contribution < -0.4 is 20.1 Å². The Bertz CT molecular complexity index is 872. The van der Waals surface area contributed by atoms with Crippen molar-refractivity contribution in [1.82, 2.24) is 10.2 Å². The summed E-state index contributed by atoms with van der Waals surface area (Å²) in [7, 11) is 6.93. The Labute approximate surface area is 176 Å². The van der Waals surface area contributed by atoms with Crippen LogP contribution in [0.25, 0.3) is 0 Å². The van der Waals surface area contributed by atoms with Gasteiger partial charge in [0.2, 0.25) is 0 Å². The lowest BCUT2D eigenvalue weighted by Crippen LogP contribution is -2.41. The Hall–Kier alpha value is -3.49. The highest BCUT2D eigenvalue weighted by molar-refractivity contribution is 5.79. The Kier molecular flexibility index (Phi) is 8.74. The first-order valence-corrected chi connectivity index (χ1v) is 9.60. The molecule has 0 radical (unpaired) electrons. The van der Waals surface area contributed by atoms with Crippen molar-refractivity contribution in [2.75, 3.05) is 53.3 Å². The van der Waals surface area contributed by atoms with Crippen LogP contribution in [0, 0.1) is 10.1 Å². The molecular weight excluding hydrogens is 386 g/mol. The molecule has 0 spiro atoms. The van der Waals surface area contributed by atoms with Crippen molar-refractivity contribution in [3.05, 3.63) is 58.1 Å². The molecule has 0 unspecified atom stereocenters. The van der Waals surface area contributed by atoms with Gasteiger partial charge in [0.05, 0.1) is 19.1 Å². The van der Waals surface area contributed by atoms with E-state index in [-0.39, 0.29) is 5.69 Å². The fourth-order valence-corrected chi connectivity index (χ4v) is 2.98. The van der Waals surface area contributed by atoms with E-state index in [1.54, 1.807) is 39.5 Å². The fraction of sp³-hybridized carbons (Fsp3) is 0.381. The summed E-state index contributed by atoms with van der Waals surface area (Å²) in [6.45, 7) is 1.85. The molecule has 0 atom stereocenters. The maximum Gasteiger partial charge on any atom is 0.292 e. The molecule has 0 aliphatic carbocycles. The number of rotatable bonds is 10. The van der Waals surface area contributed by atoms with Crippen molar-refractivity contribution in [2.45, 2.75) is 6.42 Å². The average molecular weight is 415 g/mol. The molecule has 0 aromatic heterocycles. The number of methoxy groups -OCH3 is 2. The minimum absolute atomic E-state index is 0.0638. The smallest absolute Gasteiger partial charge is 0.292 e. The predicted octanol–water partition coefficient (Wildman–Crippen LogP) is 2.77. The monoisotopic (exact) mass is 415 g/mol. The first kappa shape index (κ1) is 22.8. The van der Waals surface area contributed by atoms with E-state index in [1.807, 2.05) is 30.1 Å². The highest BCUT2D eigenvalue weighted by Gasteiger charge is 2.12. The molecule has 162 valence electrons. The zero-order valence-corrected chi connectivity index (χ0v) is 17.8. The summed E-state index contributed by atoms with van der Waals surface area (Å²) in [6.07, 6.45) is 0.812. The van der Waals surface area contributed by atoms with Crippen molar-refractivity contribution in [2.24, 2.45) is 4.99 Å². The van der Waals surface area contributed by atoms with Crippen LogP contribution in [0.15, 0.2) is 47.5 Å². The molecule has 0 amide bonds. The summed E-state index contributed by atoms with van der Waals surface area (Å²) in [5, 5.41) is 17.4. The number of guanidine groups is 1. The summed E-state index contributed by atoms with van der Waals surface area (Å²) in [5.41, 5.74) is 1.70. The molecular formula is C21H29N5O4. The van der Waals surface area contributed by atoms with Crippen LogP contribution >= 0.6 is 0 Å². The molecule has 0 aliphatic heterocycles. The SMILES string of the molecule is CN=C(NCCNc1ccccc1[N+](=O)[O-])N(C)CCc1ccc(OC)c(OC)c1. The van der Waals surface area contributed by atoms with Gasteiger partial charge in [-0.2, -0.15) is 0 Å². The quantitative estimate of drug-likeness (QED) is 0.202. The highest BCUT2D eigenvalue weighted by atomic mass is 16.6. The molecule has 2 N–H and O–H groups in total. The number of aliphatic imine (C=N–C) groups is 1. The van der Waals surface area contributed by atoms with E-state index >= 15 is 0 Å². The van der Waals surface area contributed by atoms with E-state index in [4.69, 9.17) is 9.47 Å². The zero-order valence-electron chi connectivity index (χ0n) is 17.8. The molecule has 0 fully saturated rings. The predicted molar refractivity (Wildman–Crippen MR) is 119 cm³/mol. The van der Waals surface area contributed by atoms with Crippen molar-refractivity contribution >= 4 is 17.3 Å². The summed E-state index contributed by atoms with van der Waals surface area (Å²) in [6, 6.07) is 12.5. The Morgan fingerprint density at radius 2 is 1.87 bits per heavy atom. The molecule has 0 heterocycles. The van der Waals surface area contributed by atoms with Gasteiger partial charge in [-0.25, -0.2) is 0 Å². The van der Waals surface area contributed by atoms with Crippen LogP contribution in [0.1, 0.15) is 5.56 Å². The van der Waals surface area contributed by atoms with E-state index in [2.05, 4.69) is 15.6 Å². The molecule has 0 saturated carbocycles. The molecule has 2 rings (SSSR count). The number of nitrogens with zero attached hydrogens (tertiary/aromatic N) is 3. The second-order valence-electron chi connectivity index (χ2n) is 6.54. The highest BCUT2D eigenvalue weighted by Crippen LogP contribution is 2.27. The topological polar surface area (TPSA) is 101 Å². The van der Waals surface area contributed by atoms with E-state index in [9.17, 15) is 10.1 Å². The largest absolute Gasteiger partial charge is 0.493 e. The van der Waals surface area contributed by atoms with Gasteiger partial charge in [-0.3, -0.25) is 15.1 Å². The summed E-state index contributed by atoms with van der Waals surface area (Å²) >= 11 is 0. The minimum atomic E-state index is -0.392. The van der Waals surface area contributed by atoms with E-state index in [0.717, 1.165) is 24.5 Å². The number of hydrogen-bond acceptors (Lipinski definition) is 6. The number of anilines is 1. The second-order valence-corrected chi connectivity index (χ2v) is 6.54. The first-order chi connectivity index (χ1) is 14.5. The van der Waals surface area contributed by atoms with Crippen LogP contribution in [-0.4, -0.2) is 63.7 Å². The standard InChI is InChI=1S/C21H29N5O4/c1-22-21(24-13-12-23-17-7-5-6-8-18(17)26(27)28)25(2)14-11-16-9-10-19(29-3)20(15-16)30-4/h5-10,15,23H,11-14H2,1-4H3,(H,22,24). The number of likely N-dealkylation sites (N-methyl/N-ethyl adjacent to an activating group) is 1. The molecule has 0 bridgehead atoms. The maximum atomic E-state index is 11.1. The van der Waals surface area contributed by atoms with Gasteiger partial charge in [0.25, 0.3) is 5.69 Å². The van der Waals surface area contributed by atoms with Gasteiger partial charge < -0.3 is 25.0 Å². The Balaban J connectivity index is 1.83. The number of para-hydroxylation sites is 2. The average Bonchev–Trinajstić information content (AvgIpc) is 2.77. The van der Waals surface area contributed by atoms with E-state index in [0.29, 0.717) is 30.3 Å². The number of nitro benzene ring substituents is 1. The van der Waals surface area contributed by atoms with Crippen LogP contribution in [0.5, 0.6) is 11.5 Å². The molecule has 2 aromatic rings. The third kappa shape index (κ3) is 6.26. The van der Waals surface area contributed by atoms with Gasteiger partial charge in [0.15, 0.2) is 17.5 Å². The van der Waals surface area contributed by atoms with Gasteiger partial charge in [-0.15, -0.1) is 0 Å². The van der Waals surface area contributed by atoms with Crippen LogP contribution in [0.2, 0.25) is 0 Å². The van der Waals surface area contributed by atoms with Gasteiger partial charge in [-0.1, -0.05) is 18.2 Å². The maximum absolute atomic E-state index is 11.1. The van der Waals surface area contributed by atoms with Gasteiger partial charge in [-0.05, 0) is 30.2 Å². The molecule has 9 nitrogen and oxygen atoms in total. The number of benzene rings is 2. The van der Waals surface area contributed by atoms with Crippen molar-refractivity contribution in [1.29, 1.82) is 0 Å². The Morgan fingerprint density at radius 1 is 1.13 bits per heavy atom. The van der Waals surface area contributed by atoms with Crippen LogP contribution in [-0.2, 0) is 6.42 Å². The lowest BCUT2D eigenvalue weighted by molar-refractivity contribution is -0.384. The summed E-state index contributed by atoms with van der Waals surface area (Å²) in [4.78, 5) is 17.0. The third-order valence-electron chi connectivity index (χ3n) is 4.58. The minimum Gasteiger partial charge on any atom is -0.493 e. The zero-order chi connectivity index (χ0) is 21.9. The van der Waals surface area contributed by atoms with Crippen molar-refractivity contribution in [3.8, 4) is 11.5 Å². The first-order valence-electron chi connectivity index (χ1n) is 9.60. The number of nitro groups is 1. The number of hydrogen-bond donors (Lipinski definition) is 2. The van der Waals surface area contributed by atoms with Crippen molar-refractivity contribution in [3.63, 3.8) is 0 Å². The summed E-state index contributed by atoms with van der Waals surface area (Å²) in [5.74, 6) is 2.17. The van der Waals surface area contributed by atoms with E-state index < -0.39 is 4.92 Å². The lowest BCUT2D eigenvalue weighted by Gasteiger charge is -2.22. The number of ether oxygens (including phenoxy) is 2. The second kappa shape index (κ2) is 11.5. The van der Waals surface area contributed by atoms with Crippen molar-refractivity contribution < 1.29 is 14.4 Å². The molecule has 0 aliphatic rings. The lowest BCUT2D eigenvalue weighted by atomic mass is 10.1. The third-order valence-corrected chi connectivity index (χ3v) is 4.58. The molecule has 9 heteroatoms. The Morgan fingerprint density at radius 3 is 2.53 bits per heavy atom. The van der Waals surface area contributed by atoms with Gasteiger partial charge in [0, 0.05) is 39.8 Å². The van der Waals surface area contributed by atoms with Gasteiger partial charge >= 0.3 is 0 Å². The fourth-order valence-electron chi connectivity index (χ4n) is 2.98. The van der Waals surface area contributed by atoms with Gasteiger partial charge in [0.1, 0.15) is 5.69 Å². The van der Waals surface area contributed by atoms with E-state index in [1.165, 1.54) is 6.07 Å². The molecule has 30 heavy (non-hydrogen) atoms. The van der Waals surface area contributed by atoms with Crippen LogP contribution in [0.4, 0.5) is 11.4 Å². The normalized spacial score (nSPS) is 11.0. The molecule has 2 aromatic carbocycles. The number of nitrogens with one attached hydrogen (secondary N) is 2.